The van der Waals surface area contributed by atoms with Crippen LogP contribution in [0.2, 0.25) is 0 Å². The number of hydrogen-bond donors (Lipinski definition) is 0. The second kappa shape index (κ2) is 6.76. The van der Waals surface area contributed by atoms with E-state index in [2.05, 4.69) is 34.3 Å². The van der Waals surface area contributed by atoms with Gasteiger partial charge in [0.1, 0.15) is 0 Å². The largest absolute Gasteiger partial charge is 0.268 e. The highest BCUT2D eigenvalue weighted by Crippen LogP contribution is 2.01. The minimum Gasteiger partial charge on any atom is -0.268 e. The lowest BCUT2D eigenvalue weighted by atomic mass is 10.2. The van der Waals surface area contributed by atoms with Crippen LogP contribution in [0.4, 0.5) is 0 Å². The predicted octanol–water partition coefficient (Wildman–Crippen LogP) is 2.59. The molecule has 1 aromatic rings. The number of aromatic nitrogens is 2. The van der Waals surface area contributed by atoms with Gasteiger partial charge in [-0.1, -0.05) is 12.5 Å². The van der Waals surface area contributed by atoms with Gasteiger partial charge >= 0.3 is 0 Å². The molecule has 0 radical (unpaired) electrons. The van der Waals surface area contributed by atoms with Crippen LogP contribution >= 0.6 is 22.6 Å². The first-order valence-electron chi connectivity index (χ1n) is 5.07. The molecule has 0 N–H and O–H groups in total. The van der Waals surface area contributed by atoms with E-state index >= 15 is 0 Å². The SMILES string of the molecule is C=CCCCCCn1ncc(I)cc1=O. The molecule has 0 aliphatic rings. The number of hydrogen-bond acceptors (Lipinski definition) is 2. The van der Waals surface area contributed by atoms with E-state index in [1.54, 1.807) is 12.3 Å². The maximum absolute atomic E-state index is 11.4. The quantitative estimate of drug-likeness (QED) is 0.459. The summed E-state index contributed by atoms with van der Waals surface area (Å²) in [6.07, 6.45) is 7.95. The van der Waals surface area contributed by atoms with Crippen LogP contribution in [0.5, 0.6) is 0 Å². The molecule has 0 fully saturated rings. The summed E-state index contributed by atoms with van der Waals surface area (Å²) in [5, 5.41) is 4.07. The van der Waals surface area contributed by atoms with Gasteiger partial charge in [-0.25, -0.2) is 4.68 Å². The molecular weight excluding hydrogens is 303 g/mol. The Morgan fingerprint density at radius 3 is 2.93 bits per heavy atom. The van der Waals surface area contributed by atoms with Crippen molar-refractivity contribution in [2.24, 2.45) is 0 Å². The van der Waals surface area contributed by atoms with Crippen molar-refractivity contribution in [3.05, 3.63) is 38.8 Å². The molecule has 82 valence electrons. The zero-order valence-corrected chi connectivity index (χ0v) is 10.8. The highest BCUT2D eigenvalue weighted by molar-refractivity contribution is 14.1. The van der Waals surface area contributed by atoms with Crippen molar-refractivity contribution in [2.45, 2.75) is 32.2 Å². The maximum Gasteiger partial charge on any atom is 0.267 e. The van der Waals surface area contributed by atoms with Gasteiger partial charge in [0.2, 0.25) is 0 Å². The monoisotopic (exact) mass is 318 g/mol. The molecule has 1 aromatic heterocycles. The second-order valence-electron chi connectivity index (χ2n) is 3.37. The fraction of sp³-hybridized carbons (Fsp3) is 0.455. The average molecular weight is 318 g/mol. The van der Waals surface area contributed by atoms with Crippen LogP contribution in [0.15, 0.2) is 29.7 Å². The van der Waals surface area contributed by atoms with Crippen molar-refractivity contribution in [1.29, 1.82) is 0 Å². The molecule has 0 spiro atoms. The first-order valence-corrected chi connectivity index (χ1v) is 6.15. The van der Waals surface area contributed by atoms with Gasteiger partial charge in [-0.05, 0) is 41.9 Å². The molecule has 0 aromatic carbocycles. The van der Waals surface area contributed by atoms with Crippen LogP contribution in [0.25, 0.3) is 0 Å². The highest BCUT2D eigenvalue weighted by atomic mass is 127. The molecule has 0 aliphatic carbocycles. The topological polar surface area (TPSA) is 34.9 Å². The normalized spacial score (nSPS) is 10.2. The fourth-order valence-electron chi connectivity index (χ4n) is 1.31. The molecule has 0 amide bonds. The van der Waals surface area contributed by atoms with E-state index < -0.39 is 0 Å². The summed E-state index contributed by atoms with van der Waals surface area (Å²) in [5.41, 5.74) is -0.00868. The Hall–Kier alpha value is -0.650. The van der Waals surface area contributed by atoms with Crippen molar-refractivity contribution in [3.8, 4) is 0 Å². The third-order valence-corrected chi connectivity index (χ3v) is 2.70. The maximum atomic E-state index is 11.4. The number of aryl methyl sites for hydroxylation is 1. The first-order chi connectivity index (χ1) is 7.24. The summed E-state index contributed by atoms with van der Waals surface area (Å²) in [6.45, 7) is 4.39. The van der Waals surface area contributed by atoms with Gasteiger partial charge in [0.25, 0.3) is 5.56 Å². The zero-order valence-electron chi connectivity index (χ0n) is 8.66. The van der Waals surface area contributed by atoms with Gasteiger partial charge < -0.3 is 0 Å². The molecule has 3 nitrogen and oxygen atoms in total. The van der Waals surface area contributed by atoms with Crippen LogP contribution in [-0.2, 0) is 6.54 Å². The Labute approximate surface area is 103 Å². The Bertz CT molecular complexity index is 373. The molecule has 0 saturated heterocycles. The van der Waals surface area contributed by atoms with Gasteiger partial charge in [0, 0.05) is 16.2 Å². The zero-order chi connectivity index (χ0) is 11.1. The third kappa shape index (κ3) is 4.59. The standard InChI is InChI=1S/C11H15IN2O/c1-2-3-4-5-6-7-14-11(15)8-10(12)9-13-14/h2,8-9H,1,3-7H2. The molecule has 1 heterocycles. The molecule has 0 bridgehead atoms. The van der Waals surface area contributed by atoms with E-state index in [9.17, 15) is 4.79 Å². The molecule has 15 heavy (non-hydrogen) atoms. The van der Waals surface area contributed by atoms with Crippen molar-refractivity contribution >= 4 is 22.6 Å². The minimum absolute atomic E-state index is 0.00868. The predicted molar refractivity (Wildman–Crippen MR) is 69.9 cm³/mol. The molecular formula is C11H15IN2O. The average Bonchev–Trinajstić information content (AvgIpc) is 2.20. The van der Waals surface area contributed by atoms with Gasteiger partial charge in [0.05, 0.1) is 6.20 Å². The summed E-state index contributed by atoms with van der Waals surface area (Å²) >= 11 is 2.09. The van der Waals surface area contributed by atoms with E-state index in [4.69, 9.17) is 0 Å². The van der Waals surface area contributed by atoms with Crippen LogP contribution < -0.4 is 5.56 Å². The minimum atomic E-state index is -0.00868. The molecule has 0 aliphatic heterocycles. The van der Waals surface area contributed by atoms with Crippen LogP contribution in [0.3, 0.4) is 0 Å². The summed E-state index contributed by atoms with van der Waals surface area (Å²) in [4.78, 5) is 11.4. The Balaban J connectivity index is 2.37. The van der Waals surface area contributed by atoms with Crippen LogP contribution in [0, 0.1) is 3.57 Å². The molecule has 4 heteroatoms. The van der Waals surface area contributed by atoms with Crippen molar-refractivity contribution in [2.75, 3.05) is 0 Å². The Kier molecular flexibility index (Phi) is 5.60. The lowest BCUT2D eigenvalue weighted by Gasteiger charge is -2.03. The van der Waals surface area contributed by atoms with Gasteiger partial charge in [-0.3, -0.25) is 4.79 Å². The van der Waals surface area contributed by atoms with Crippen molar-refractivity contribution in [3.63, 3.8) is 0 Å². The van der Waals surface area contributed by atoms with Crippen molar-refractivity contribution < 1.29 is 0 Å². The number of rotatable bonds is 6. The number of nitrogens with zero attached hydrogens (tertiary/aromatic N) is 2. The van der Waals surface area contributed by atoms with E-state index in [1.807, 2.05) is 6.08 Å². The van der Waals surface area contributed by atoms with Crippen molar-refractivity contribution in [1.82, 2.24) is 9.78 Å². The van der Waals surface area contributed by atoms with E-state index in [0.29, 0.717) is 6.54 Å². The van der Waals surface area contributed by atoms with E-state index in [0.717, 1.165) is 29.3 Å². The number of halogens is 1. The summed E-state index contributed by atoms with van der Waals surface area (Å²) in [5.74, 6) is 0. The van der Waals surface area contributed by atoms with E-state index in [1.165, 1.54) is 4.68 Å². The highest BCUT2D eigenvalue weighted by Gasteiger charge is 1.97. The molecule has 0 saturated carbocycles. The first kappa shape index (κ1) is 12.4. The fourth-order valence-corrected chi connectivity index (χ4v) is 1.70. The van der Waals surface area contributed by atoms with Crippen LogP contribution in [-0.4, -0.2) is 9.78 Å². The molecule has 1 rings (SSSR count). The molecule has 0 unspecified atom stereocenters. The molecule has 0 atom stereocenters. The summed E-state index contributed by atoms with van der Waals surface area (Å²) < 4.78 is 2.41. The second-order valence-corrected chi connectivity index (χ2v) is 4.62. The Morgan fingerprint density at radius 2 is 2.27 bits per heavy atom. The van der Waals surface area contributed by atoms with Crippen LogP contribution in [0.1, 0.15) is 25.7 Å². The van der Waals surface area contributed by atoms with E-state index in [-0.39, 0.29) is 5.56 Å². The summed E-state index contributed by atoms with van der Waals surface area (Å²) in [6, 6.07) is 1.61. The van der Waals surface area contributed by atoms with Gasteiger partial charge in [-0.2, -0.15) is 5.10 Å². The lowest BCUT2D eigenvalue weighted by Crippen LogP contribution is -2.22. The number of unbranched alkanes of at least 4 members (excludes halogenated alkanes) is 3. The summed E-state index contributed by atoms with van der Waals surface area (Å²) in [7, 11) is 0. The van der Waals surface area contributed by atoms with Gasteiger partial charge in [0.15, 0.2) is 0 Å². The number of allylic oxidation sites excluding steroid dienone is 1. The smallest absolute Gasteiger partial charge is 0.267 e. The third-order valence-electron chi connectivity index (χ3n) is 2.11. The lowest BCUT2D eigenvalue weighted by molar-refractivity contribution is 0.522. The Morgan fingerprint density at radius 1 is 1.47 bits per heavy atom. The van der Waals surface area contributed by atoms with Gasteiger partial charge in [-0.15, -0.1) is 6.58 Å².